The Morgan fingerprint density at radius 2 is 2.33 bits per heavy atom. The van der Waals surface area contributed by atoms with Gasteiger partial charge in [0.15, 0.2) is 0 Å². The van der Waals surface area contributed by atoms with E-state index in [1.165, 1.54) is 0 Å². The topological polar surface area (TPSA) is 38.0 Å². The standard InChI is InChI=1S/C2H4N2Te2/c3-2(6)4-1-5/h1H,(H3,3,4,5,6). The van der Waals surface area contributed by atoms with Crippen LogP contribution in [0.3, 0.4) is 0 Å². The van der Waals surface area contributed by atoms with Gasteiger partial charge in [0, 0.05) is 0 Å². The van der Waals surface area contributed by atoms with Crippen molar-refractivity contribution in [3.05, 3.63) is 0 Å². The fourth-order valence-corrected chi connectivity index (χ4v) is 1.31. The third-order valence-electron chi connectivity index (χ3n) is 0.201. The summed E-state index contributed by atoms with van der Waals surface area (Å²) in [6, 6.07) is 0. The van der Waals surface area contributed by atoms with Gasteiger partial charge in [0.2, 0.25) is 0 Å². The molecule has 0 aromatic carbocycles. The predicted octanol–water partition coefficient (Wildman–Crippen LogP) is -2.28. The van der Waals surface area contributed by atoms with Crippen molar-refractivity contribution in [2.75, 3.05) is 0 Å². The third-order valence-corrected chi connectivity index (χ3v) is 0.874. The van der Waals surface area contributed by atoms with Crippen molar-refractivity contribution in [2.24, 2.45) is 5.73 Å². The van der Waals surface area contributed by atoms with Crippen LogP contribution in [0.2, 0.25) is 0 Å². The van der Waals surface area contributed by atoms with Crippen molar-refractivity contribution >= 4 is 51.6 Å². The Morgan fingerprint density at radius 3 is 2.33 bits per heavy atom. The minimum absolute atomic E-state index is 0.746. The van der Waals surface area contributed by atoms with Crippen LogP contribution in [0.25, 0.3) is 0 Å². The molecule has 0 radical (unpaired) electrons. The zero-order valence-electron chi connectivity index (χ0n) is 2.97. The summed E-state index contributed by atoms with van der Waals surface area (Å²) in [7, 11) is 0. The second-order valence-electron chi connectivity index (χ2n) is 0.626. The van der Waals surface area contributed by atoms with Crippen molar-refractivity contribution in [2.45, 2.75) is 0 Å². The van der Waals surface area contributed by atoms with Crippen molar-refractivity contribution in [1.82, 2.24) is 5.32 Å². The van der Waals surface area contributed by atoms with Crippen LogP contribution >= 0.6 is 0 Å². The quantitative estimate of drug-likeness (QED) is 0.564. The zero-order chi connectivity index (χ0) is 4.99. The molecule has 0 aliphatic heterocycles. The van der Waals surface area contributed by atoms with Crippen LogP contribution < -0.4 is 11.1 Å². The summed E-state index contributed by atoms with van der Waals surface area (Å²) in [4.78, 5) is 0. The molecule has 34 valence electrons. The summed E-state index contributed by atoms with van der Waals surface area (Å²) in [5.41, 5.74) is 5.18. The van der Waals surface area contributed by atoms with Gasteiger partial charge >= 0.3 is 62.7 Å². The molecule has 0 aromatic heterocycles. The van der Waals surface area contributed by atoms with Gasteiger partial charge in [-0.1, -0.05) is 0 Å². The molecule has 0 atom stereocenters. The Balaban J connectivity index is 3.05. The molecule has 0 saturated carbocycles. The molecule has 0 aliphatic carbocycles. The zero-order valence-corrected chi connectivity index (χ0v) is 7.63. The van der Waals surface area contributed by atoms with Gasteiger partial charge in [-0.3, -0.25) is 0 Å². The average molecular weight is 311 g/mol. The van der Waals surface area contributed by atoms with Gasteiger partial charge in [-0.25, -0.2) is 0 Å². The second-order valence-corrected chi connectivity index (χ2v) is 2.55. The van der Waals surface area contributed by atoms with E-state index >= 15 is 0 Å². The Hall–Kier alpha value is 0.919. The monoisotopic (exact) mass is 316 g/mol. The first-order chi connectivity index (χ1) is 2.77. The van der Waals surface area contributed by atoms with Crippen molar-refractivity contribution < 1.29 is 0 Å². The molecule has 0 fully saturated rings. The first-order valence-electron chi connectivity index (χ1n) is 1.27. The summed E-state index contributed by atoms with van der Waals surface area (Å²) >= 11 is 3.57. The fraction of sp³-hybridized carbons (Fsp3) is 0. The molecule has 0 spiro atoms. The molecule has 6 heavy (non-hydrogen) atoms. The molecule has 0 heterocycles. The Bertz CT molecular complexity index is 69.9. The third kappa shape index (κ3) is 4.92. The second kappa shape index (κ2) is 4.09. The van der Waals surface area contributed by atoms with Gasteiger partial charge in [0.25, 0.3) is 0 Å². The van der Waals surface area contributed by atoms with Crippen molar-refractivity contribution in [1.29, 1.82) is 0 Å². The molecule has 4 heteroatoms. The first-order valence-corrected chi connectivity index (χ1v) is 3.78. The summed E-state index contributed by atoms with van der Waals surface area (Å²) in [5.74, 6) is 0. The molecular weight excluding hydrogens is 307 g/mol. The molecule has 0 aliphatic rings. The van der Waals surface area contributed by atoms with E-state index < -0.39 is 0 Å². The molecule has 0 saturated heterocycles. The van der Waals surface area contributed by atoms with E-state index in [2.05, 4.69) is 5.32 Å². The number of nitrogens with two attached hydrogens (primary N) is 1. The molecule has 0 bridgehead atoms. The number of hydrogen-bond donors (Lipinski definition) is 2. The van der Waals surface area contributed by atoms with Crippen LogP contribution in [-0.2, 0) is 0 Å². The van der Waals surface area contributed by atoms with Crippen molar-refractivity contribution in [3.8, 4) is 0 Å². The van der Waals surface area contributed by atoms with Gasteiger partial charge in [0.1, 0.15) is 0 Å². The fourth-order valence-electron chi connectivity index (χ4n) is 0.0581. The summed E-state index contributed by atoms with van der Waals surface area (Å²) < 4.78 is 2.55. The van der Waals surface area contributed by atoms with Gasteiger partial charge in [-0.05, 0) is 0 Å². The molecule has 0 rings (SSSR count). The molecular formula is C2H4N2Te2. The van der Waals surface area contributed by atoms with Crippen LogP contribution in [0, 0.1) is 0 Å². The van der Waals surface area contributed by atoms with E-state index in [4.69, 9.17) is 5.73 Å². The normalized spacial score (nSPS) is 6.67. The first kappa shape index (κ1) is 6.92. The summed E-state index contributed by atoms with van der Waals surface area (Å²) in [5, 5.41) is 2.79. The van der Waals surface area contributed by atoms with Crippen LogP contribution in [-0.4, -0.2) is 51.6 Å². The van der Waals surface area contributed by atoms with E-state index in [1.807, 2.05) is 21.8 Å². The SMILES string of the molecule is NC(=[Te])NC=[Te]. The van der Waals surface area contributed by atoms with Gasteiger partial charge in [-0.2, -0.15) is 0 Å². The molecule has 0 aromatic rings. The predicted molar refractivity (Wildman–Crippen MR) is 29.9 cm³/mol. The number of rotatable bonds is 2. The molecule has 3 N–H and O–H groups in total. The van der Waals surface area contributed by atoms with E-state index in [1.54, 1.807) is 26.0 Å². The molecule has 2 nitrogen and oxygen atoms in total. The van der Waals surface area contributed by atoms with E-state index in [9.17, 15) is 0 Å². The Labute approximate surface area is 62.3 Å². The van der Waals surface area contributed by atoms with E-state index in [0.717, 1.165) is 3.80 Å². The maximum absolute atomic E-state index is 5.18. The number of nitrogens with one attached hydrogen (secondary N) is 1. The average Bonchev–Trinajstić information content (AvgIpc) is 1.35. The molecule has 0 amide bonds. The van der Waals surface area contributed by atoms with Crippen LogP contribution in [0.4, 0.5) is 0 Å². The number of hydrogen-bond acceptors (Lipinski definition) is 2. The van der Waals surface area contributed by atoms with Gasteiger partial charge in [-0.15, -0.1) is 0 Å². The Kier molecular flexibility index (Phi) is 4.71. The van der Waals surface area contributed by atoms with Crippen molar-refractivity contribution in [3.63, 3.8) is 0 Å². The molecule has 0 unspecified atom stereocenters. The van der Waals surface area contributed by atoms with Gasteiger partial charge < -0.3 is 0 Å². The summed E-state index contributed by atoms with van der Waals surface area (Å²) in [6.45, 7) is 0. The minimum atomic E-state index is 0.746. The maximum atomic E-state index is 5.18. The summed E-state index contributed by atoms with van der Waals surface area (Å²) in [6.07, 6.45) is 0. The van der Waals surface area contributed by atoms with Gasteiger partial charge in [0.05, 0.1) is 0 Å². The van der Waals surface area contributed by atoms with Crippen LogP contribution in [0.5, 0.6) is 0 Å². The van der Waals surface area contributed by atoms with Crippen LogP contribution in [0.1, 0.15) is 0 Å². The van der Waals surface area contributed by atoms with E-state index in [-0.39, 0.29) is 0 Å². The Morgan fingerprint density at radius 1 is 1.83 bits per heavy atom. The van der Waals surface area contributed by atoms with E-state index in [0.29, 0.717) is 0 Å². The van der Waals surface area contributed by atoms with Crippen LogP contribution in [0.15, 0.2) is 0 Å².